The van der Waals surface area contributed by atoms with E-state index in [0.717, 1.165) is 12.1 Å². The largest absolute Gasteiger partial charge is 0.512 e. The Kier molecular flexibility index (Phi) is 5.01. The average Bonchev–Trinajstić information content (AvgIpc) is 2.22. The molecule has 0 aliphatic carbocycles. The Hall–Kier alpha value is -1.24. The molecule has 0 radical (unpaired) electrons. The minimum Gasteiger partial charge on any atom is -0.491 e. The summed E-state index contributed by atoms with van der Waals surface area (Å²) < 4.78 is 60.4. The molecule has 0 aromatic heterocycles. The summed E-state index contributed by atoms with van der Waals surface area (Å²) in [4.78, 5) is 0. The molecule has 102 valence electrons. The minimum atomic E-state index is -5.33. The van der Waals surface area contributed by atoms with Gasteiger partial charge in [0.05, 0.1) is 18.5 Å². The molecule has 0 fully saturated rings. The topological polar surface area (TPSA) is 18.5 Å². The van der Waals surface area contributed by atoms with Gasteiger partial charge in [-0.05, 0) is 19.9 Å². The van der Waals surface area contributed by atoms with E-state index >= 15 is 0 Å². The van der Waals surface area contributed by atoms with Crippen LogP contribution < -0.4 is 10.2 Å². The Balaban J connectivity index is 2.57. The van der Waals surface area contributed by atoms with Crippen LogP contribution in [0.15, 0.2) is 18.2 Å². The second-order valence-electron chi connectivity index (χ2n) is 4.03. The molecule has 0 heterocycles. The smallest absolute Gasteiger partial charge is 0.491 e. The van der Waals surface area contributed by atoms with Crippen LogP contribution in [0.25, 0.3) is 0 Å². The second-order valence-corrected chi connectivity index (χ2v) is 4.03. The first kappa shape index (κ1) is 14.8. The number of ether oxygens (including phenoxy) is 2. The zero-order valence-electron chi connectivity index (χ0n) is 10.1. The maximum absolute atomic E-state index is 13.2. The Bertz CT molecular complexity index is 393. The third kappa shape index (κ3) is 4.56. The van der Waals surface area contributed by atoms with Crippen LogP contribution in [0.5, 0.6) is 5.75 Å². The molecular formula is C11H14BF4O2-. The van der Waals surface area contributed by atoms with Gasteiger partial charge in [-0.15, -0.1) is 0 Å². The number of rotatable bonds is 6. The highest BCUT2D eigenvalue weighted by Crippen LogP contribution is 2.16. The van der Waals surface area contributed by atoms with E-state index in [9.17, 15) is 17.3 Å². The average molecular weight is 265 g/mol. The van der Waals surface area contributed by atoms with Crippen LogP contribution in [-0.4, -0.2) is 26.3 Å². The highest BCUT2D eigenvalue weighted by Gasteiger charge is 2.28. The lowest BCUT2D eigenvalue weighted by Crippen LogP contribution is -2.36. The van der Waals surface area contributed by atoms with Gasteiger partial charge < -0.3 is 22.4 Å². The molecule has 2 nitrogen and oxygen atoms in total. The monoisotopic (exact) mass is 265 g/mol. The Morgan fingerprint density at radius 2 is 1.83 bits per heavy atom. The molecule has 0 saturated heterocycles. The van der Waals surface area contributed by atoms with Crippen LogP contribution in [0.2, 0.25) is 0 Å². The zero-order chi connectivity index (χ0) is 13.8. The molecule has 0 unspecified atom stereocenters. The molecule has 0 aliphatic heterocycles. The maximum atomic E-state index is 13.2. The number of benzene rings is 1. The van der Waals surface area contributed by atoms with E-state index in [2.05, 4.69) is 0 Å². The molecular weight excluding hydrogens is 251 g/mol. The van der Waals surface area contributed by atoms with Gasteiger partial charge in [-0.1, -0.05) is 11.5 Å². The van der Waals surface area contributed by atoms with E-state index in [1.54, 1.807) is 0 Å². The van der Waals surface area contributed by atoms with Crippen molar-refractivity contribution in [2.75, 3.05) is 13.2 Å². The molecule has 0 atom stereocenters. The van der Waals surface area contributed by atoms with Gasteiger partial charge in [0.25, 0.3) is 0 Å². The number of hydrogen-bond acceptors (Lipinski definition) is 2. The van der Waals surface area contributed by atoms with Crippen LogP contribution in [-0.2, 0) is 4.74 Å². The van der Waals surface area contributed by atoms with Crippen molar-refractivity contribution >= 4 is 12.4 Å². The molecule has 0 aliphatic rings. The molecule has 0 spiro atoms. The van der Waals surface area contributed by atoms with Crippen LogP contribution in [0.4, 0.5) is 17.3 Å². The normalized spacial score (nSPS) is 11.9. The van der Waals surface area contributed by atoms with Crippen molar-refractivity contribution in [2.24, 2.45) is 0 Å². The van der Waals surface area contributed by atoms with Crippen molar-refractivity contribution < 1.29 is 26.8 Å². The van der Waals surface area contributed by atoms with E-state index in [1.807, 2.05) is 13.8 Å². The molecule has 1 rings (SSSR count). The van der Waals surface area contributed by atoms with Crippen LogP contribution >= 0.6 is 0 Å². The van der Waals surface area contributed by atoms with Crippen LogP contribution in [0, 0.1) is 5.82 Å². The van der Waals surface area contributed by atoms with Crippen molar-refractivity contribution in [1.29, 1.82) is 0 Å². The minimum absolute atomic E-state index is 0.0423. The lowest BCUT2D eigenvalue weighted by atomic mass is 9.80. The van der Waals surface area contributed by atoms with Gasteiger partial charge in [-0.25, -0.2) is 4.39 Å². The third-order valence-electron chi connectivity index (χ3n) is 2.13. The summed E-state index contributed by atoms with van der Waals surface area (Å²) in [6.07, 6.45) is 0.0423. The molecule has 0 N–H and O–H groups in total. The summed E-state index contributed by atoms with van der Waals surface area (Å²) in [5.74, 6) is -1.26. The Labute approximate surface area is 103 Å². The van der Waals surface area contributed by atoms with Gasteiger partial charge >= 0.3 is 6.98 Å². The fourth-order valence-corrected chi connectivity index (χ4v) is 1.31. The number of halogens is 4. The predicted octanol–water partition coefficient (Wildman–Crippen LogP) is 2.68. The van der Waals surface area contributed by atoms with Gasteiger partial charge in [-0.3, -0.25) is 0 Å². The van der Waals surface area contributed by atoms with Crippen molar-refractivity contribution in [2.45, 2.75) is 20.0 Å². The van der Waals surface area contributed by atoms with Gasteiger partial charge in [0.1, 0.15) is 12.4 Å². The summed E-state index contributed by atoms with van der Waals surface area (Å²) >= 11 is 0. The van der Waals surface area contributed by atoms with E-state index in [0.29, 0.717) is 12.7 Å². The lowest BCUT2D eigenvalue weighted by molar-refractivity contribution is 0.0552. The first-order valence-electron chi connectivity index (χ1n) is 5.54. The van der Waals surface area contributed by atoms with Gasteiger partial charge in [-0.2, -0.15) is 0 Å². The van der Waals surface area contributed by atoms with Crippen molar-refractivity contribution in [3.05, 3.63) is 24.0 Å². The van der Waals surface area contributed by atoms with Crippen molar-refractivity contribution in [1.82, 2.24) is 0 Å². The molecule has 1 aromatic carbocycles. The second kappa shape index (κ2) is 6.09. The molecule has 1 aromatic rings. The van der Waals surface area contributed by atoms with E-state index in [4.69, 9.17) is 9.47 Å². The summed E-state index contributed by atoms with van der Waals surface area (Å²) in [7, 11) is 0. The summed E-state index contributed by atoms with van der Waals surface area (Å²) in [5, 5.41) is 0. The van der Waals surface area contributed by atoms with E-state index < -0.39 is 18.3 Å². The lowest BCUT2D eigenvalue weighted by Gasteiger charge is -2.16. The van der Waals surface area contributed by atoms with E-state index in [-0.39, 0.29) is 18.5 Å². The molecule has 0 bridgehead atoms. The first-order valence-corrected chi connectivity index (χ1v) is 5.54. The quantitative estimate of drug-likeness (QED) is 0.447. The third-order valence-corrected chi connectivity index (χ3v) is 2.13. The molecule has 0 saturated carbocycles. The summed E-state index contributed by atoms with van der Waals surface area (Å²) in [6.45, 7) is -1.18. The van der Waals surface area contributed by atoms with Gasteiger partial charge in [0.15, 0.2) is 0 Å². The highest BCUT2D eigenvalue weighted by atomic mass is 19.4. The zero-order valence-corrected chi connectivity index (χ0v) is 10.1. The summed E-state index contributed by atoms with van der Waals surface area (Å²) in [5.41, 5.74) is -1.24. The van der Waals surface area contributed by atoms with Crippen LogP contribution in [0.3, 0.4) is 0 Å². The predicted molar refractivity (Wildman–Crippen MR) is 61.7 cm³/mol. The van der Waals surface area contributed by atoms with Gasteiger partial charge in [0.2, 0.25) is 0 Å². The molecule has 18 heavy (non-hydrogen) atoms. The fraction of sp³-hybridized carbons (Fsp3) is 0.455. The number of hydrogen-bond donors (Lipinski definition) is 0. The van der Waals surface area contributed by atoms with Gasteiger partial charge in [0, 0.05) is 6.07 Å². The Morgan fingerprint density at radius 3 is 2.33 bits per heavy atom. The SMILES string of the molecule is CC(C)OCCOc1ccc([B-](F)(F)F)c(F)c1. The fourth-order valence-electron chi connectivity index (χ4n) is 1.31. The van der Waals surface area contributed by atoms with E-state index in [1.165, 1.54) is 0 Å². The molecule has 7 heteroatoms. The summed E-state index contributed by atoms with van der Waals surface area (Å²) in [6, 6.07) is 2.52. The molecule has 0 amide bonds. The Morgan fingerprint density at radius 1 is 1.17 bits per heavy atom. The highest BCUT2D eigenvalue weighted by molar-refractivity contribution is 6.73. The standard InChI is InChI=1S/C11H14BF4O2/c1-8(2)17-5-6-18-9-3-4-10(11(13)7-9)12(14,15)16/h3-4,7-8H,5-6H2,1-2H3/q-1. The van der Waals surface area contributed by atoms with Crippen molar-refractivity contribution in [3.8, 4) is 5.75 Å². The first-order chi connectivity index (χ1) is 8.30. The maximum Gasteiger partial charge on any atom is 0.512 e. The van der Waals surface area contributed by atoms with Crippen LogP contribution in [0.1, 0.15) is 13.8 Å². The van der Waals surface area contributed by atoms with Crippen molar-refractivity contribution in [3.63, 3.8) is 0 Å².